The van der Waals surface area contributed by atoms with Crippen LogP contribution in [-0.2, 0) is 28.8 Å². The average molecular weight is 559 g/mol. The van der Waals surface area contributed by atoms with Crippen LogP contribution in [0.4, 0.5) is 23.2 Å². The second-order valence-corrected chi connectivity index (χ2v) is 10.8. The van der Waals surface area contributed by atoms with Crippen molar-refractivity contribution in [1.82, 2.24) is 0 Å². The van der Waals surface area contributed by atoms with Crippen molar-refractivity contribution in [2.45, 2.75) is 64.8 Å². The summed E-state index contributed by atoms with van der Waals surface area (Å²) >= 11 is 0. The molecule has 5 nitrogen and oxygen atoms in total. The van der Waals surface area contributed by atoms with Crippen molar-refractivity contribution >= 4 is 18.3 Å². The van der Waals surface area contributed by atoms with Gasteiger partial charge < -0.3 is 23.7 Å². The SMILES string of the molecule is COc1ccc(CN(Cc2ccc(OC)cc2)c2cc(B3OC(C)(C)C(C)(C)O3)c(CC(F)F)c(F)c2F)cc1. The van der Waals surface area contributed by atoms with Gasteiger partial charge in [0.1, 0.15) is 11.5 Å². The van der Waals surface area contributed by atoms with Gasteiger partial charge in [-0.1, -0.05) is 24.3 Å². The summed E-state index contributed by atoms with van der Waals surface area (Å²) in [6.07, 6.45) is -3.87. The van der Waals surface area contributed by atoms with E-state index in [2.05, 4.69) is 0 Å². The number of rotatable bonds is 10. The van der Waals surface area contributed by atoms with Crippen molar-refractivity contribution < 1.29 is 36.3 Å². The minimum atomic E-state index is -2.89. The summed E-state index contributed by atoms with van der Waals surface area (Å²) in [5.41, 5.74) is -0.503. The van der Waals surface area contributed by atoms with Crippen molar-refractivity contribution in [3.63, 3.8) is 0 Å². The second kappa shape index (κ2) is 11.7. The Hall–Kier alpha value is -3.24. The van der Waals surface area contributed by atoms with Crippen LogP contribution in [0.3, 0.4) is 0 Å². The highest BCUT2D eigenvalue weighted by Crippen LogP contribution is 2.38. The lowest BCUT2D eigenvalue weighted by Crippen LogP contribution is -2.41. The zero-order valence-corrected chi connectivity index (χ0v) is 23.6. The Morgan fingerprint density at radius 1 is 0.775 bits per heavy atom. The molecule has 3 aromatic carbocycles. The summed E-state index contributed by atoms with van der Waals surface area (Å²) in [5.74, 6) is -1.24. The molecule has 0 spiro atoms. The fraction of sp³-hybridized carbons (Fsp3) is 0.400. The van der Waals surface area contributed by atoms with Gasteiger partial charge >= 0.3 is 7.12 Å². The Balaban J connectivity index is 1.82. The monoisotopic (exact) mass is 559 g/mol. The van der Waals surface area contributed by atoms with E-state index in [1.807, 2.05) is 24.3 Å². The first-order chi connectivity index (χ1) is 18.8. The van der Waals surface area contributed by atoms with Gasteiger partial charge in [-0.15, -0.1) is 0 Å². The summed E-state index contributed by atoms with van der Waals surface area (Å²) in [6, 6.07) is 15.8. The van der Waals surface area contributed by atoms with Gasteiger partial charge in [-0.3, -0.25) is 0 Å². The summed E-state index contributed by atoms with van der Waals surface area (Å²) in [4.78, 5) is 1.66. The van der Waals surface area contributed by atoms with E-state index in [0.717, 1.165) is 11.1 Å². The van der Waals surface area contributed by atoms with Gasteiger partial charge in [-0.25, -0.2) is 17.6 Å². The van der Waals surface area contributed by atoms with Crippen molar-refractivity contribution in [3.05, 3.63) is 82.9 Å². The molecule has 40 heavy (non-hydrogen) atoms. The lowest BCUT2D eigenvalue weighted by Gasteiger charge is -2.32. The van der Waals surface area contributed by atoms with Crippen molar-refractivity contribution in [2.24, 2.45) is 0 Å². The van der Waals surface area contributed by atoms with E-state index in [4.69, 9.17) is 18.8 Å². The number of ether oxygens (including phenoxy) is 2. The standard InChI is InChI=1S/C30H34BF4NO4/c1-29(2)30(3,4)40-31(39-29)24-16-25(28(35)27(34)23(24)15-26(32)33)36(17-19-7-11-21(37-5)12-8-19)18-20-9-13-22(38-6)14-10-20/h7-14,16,26H,15,17-18H2,1-6H3. The Labute approximate surface area is 233 Å². The molecule has 3 aromatic rings. The van der Waals surface area contributed by atoms with Crippen LogP contribution in [0.25, 0.3) is 0 Å². The quantitative estimate of drug-likeness (QED) is 0.216. The zero-order valence-electron chi connectivity index (χ0n) is 23.6. The molecule has 0 N–H and O–H groups in total. The van der Waals surface area contributed by atoms with Crippen molar-refractivity contribution in [1.29, 1.82) is 0 Å². The molecule has 0 saturated carbocycles. The molecule has 0 bridgehead atoms. The summed E-state index contributed by atoms with van der Waals surface area (Å²) in [5, 5.41) is 0. The number of halogens is 4. The molecule has 1 heterocycles. The second-order valence-electron chi connectivity index (χ2n) is 10.8. The molecule has 0 radical (unpaired) electrons. The maximum absolute atomic E-state index is 15.8. The molecular formula is C30H34BF4NO4. The number of alkyl halides is 2. The number of hydrogen-bond acceptors (Lipinski definition) is 5. The summed E-state index contributed by atoms with van der Waals surface area (Å²) in [6.45, 7) is 7.62. The molecule has 214 valence electrons. The molecule has 0 atom stereocenters. The van der Waals surface area contributed by atoms with Crippen LogP contribution < -0.4 is 19.8 Å². The Morgan fingerprint density at radius 2 is 1.23 bits per heavy atom. The average Bonchev–Trinajstić information content (AvgIpc) is 3.13. The lowest BCUT2D eigenvalue weighted by molar-refractivity contribution is 0.00578. The predicted octanol–water partition coefficient (Wildman–Crippen LogP) is 6.30. The number of methoxy groups -OCH3 is 2. The van der Waals surface area contributed by atoms with E-state index in [1.165, 1.54) is 6.07 Å². The first-order valence-corrected chi connectivity index (χ1v) is 13.0. The van der Waals surface area contributed by atoms with Crippen molar-refractivity contribution in [3.8, 4) is 11.5 Å². The summed E-state index contributed by atoms with van der Waals surface area (Å²) in [7, 11) is 1.96. The number of benzene rings is 3. The van der Waals surface area contributed by atoms with Crippen LogP contribution >= 0.6 is 0 Å². The molecule has 1 saturated heterocycles. The van der Waals surface area contributed by atoms with Gasteiger partial charge in [0.15, 0.2) is 11.6 Å². The normalized spacial score (nSPS) is 15.9. The molecular weight excluding hydrogens is 525 g/mol. The van der Waals surface area contributed by atoms with Gasteiger partial charge in [0.2, 0.25) is 6.43 Å². The van der Waals surface area contributed by atoms with Gasteiger partial charge in [-0.05, 0) is 80.2 Å². The van der Waals surface area contributed by atoms with E-state index >= 15 is 8.78 Å². The fourth-order valence-corrected chi connectivity index (χ4v) is 4.57. The Morgan fingerprint density at radius 3 is 1.62 bits per heavy atom. The molecule has 0 amide bonds. The van der Waals surface area contributed by atoms with Crippen LogP contribution in [0.1, 0.15) is 44.4 Å². The molecule has 0 aliphatic carbocycles. The van der Waals surface area contributed by atoms with E-state index in [0.29, 0.717) is 11.5 Å². The Kier molecular flexibility index (Phi) is 8.70. The molecule has 4 rings (SSSR count). The third-order valence-electron chi connectivity index (χ3n) is 7.59. The summed E-state index contributed by atoms with van der Waals surface area (Å²) < 4.78 is 81.2. The fourth-order valence-electron chi connectivity index (χ4n) is 4.57. The lowest BCUT2D eigenvalue weighted by atomic mass is 9.74. The van der Waals surface area contributed by atoms with Gasteiger partial charge in [0.25, 0.3) is 0 Å². The van der Waals surface area contributed by atoms with E-state index in [-0.39, 0.29) is 24.2 Å². The third-order valence-corrected chi connectivity index (χ3v) is 7.59. The van der Waals surface area contributed by atoms with Gasteiger partial charge in [0, 0.05) is 19.5 Å². The largest absolute Gasteiger partial charge is 0.497 e. The van der Waals surface area contributed by atoms with Gasteiger partial charge in [0.05, 0.1) is 31.1 Å². The molecule has 0 aromatic heterocycles. The van der Waals surface area contributed by atoms with E-state index in [9.17, 15) is 8.78 Å². The Bertz CT molecular complexity index is 1250. The van der Waals surface area contributed by atoms with Crippen molar-refractivity contribution in [2.75, 3.05) is 19.1 Å². The number of nitrogens with zero attached hydrogens (tertiary/aromatic N) is 1. The van der Waals surface area contributed by atoms with E-state index < -0.39 is 48.4 Å². The van der Waals surface area contributed by atoms with Crippen LogP contribution in [0, 0.1) is 11.6 Å². The topological polar surface area (TPSA) is 40.2 Å². The predicted molar refractivity (Wildman–Crippen MR) is 148 cm³/mol. The zero-order chi connectivity index (χ0) is 29.2. The molecule has 1 aliphatic heterocycles. The van der Waals surface area contributed by atoms with Crippen LogP contribution in [0.5, 0.6) is 11.5 Å². The maximum Gasteiger partial charge on any atom is 0.495 e. The first-order valence-electron chi connectivity index (χ1n) is 13.0. The maximum atomic E-state index is 15.8. The molecule has 10 heteroatoms. The number of anilines is 1. The highest BCUT2D eigenvalue weighted by atomic mass is 19.3. The highest BCUT2D eigenvalue weighted by molar-refractivity contribution is 6.62. The highest BCUT2D eigenvalue weighted by Gasteiger charge is 2.52. The van der Waals surface area contributed by atoms with E-state index in [1.54, 1.807) is 71.1 Å². The third kappa shape index (κ3) is 6.23. The van der Waals surface area contributed by atoms with Crippen LogP contribution in [0.2, 0.25) is 0 Å². The number of hydrogen-bond donors (Lipinski definition) is 0. The smallest absolute Gasteiger partial charge is 0.495 e. The minimum absolute atomic E-state index is 0.0438. The first kappa shape index (κ1) is 29.7. The molecule has 0 unspecified atom stereocenters. The molecule has 1 fully saturated rings. The van der Waals surface area contributed by atoms with Crippen LogP contribution in [0.15, 0.2) is 54.6 Å². The molecule has 1 aliphatic rings. The van der Waals surface area contributed by atoms with Gasteiger partial charge in [-0.2, -0.15) is 0 Å². The minimum Gasteiger partial charge on any atom is -0.497 e. The van der Waals surface area contributed by atoms with Crippen LogP contribution in [-0.4, -0.2) is 39.0 Å².